The predicted molar refractivity (Wildman–Crippen MR) is 39.9 cm³/mol. The predicted octanol–water partition coefficient (Wildman–Crippen LogP) is 1.16. The fourth-order valence-corrected chi connectivity index (χ4v) is 0.963. The van der Waals surface area contributed by atoms with Gasteiger partial charge in [-0.15, -0.1) is 0 Å². The van der Waals surface area contributed by atoms with Gasteiger partial charge in [-0.2, -0.15) is 0 Å². The Balaban J connectivity index is 2.48. The average Bonchev–Trinajstić information content (AvgIpc) is 2.46. The number of fused-ring (bicyclic) bond motifs is 1. The highest BCUT2D eigenvalue weighted by atomic mass is 16.5. The molecule has 1 aliphatic rings. The van der Waals surface area contributed by atoms with Crippen molar-refractivity contribution in [3.63, 3.8) is 0 Å². The van der Waals surface area contributed by atoms with Gasteiger partial charge in [-0.3, -0.25) is 0 Å². The molecule has 1 aliphatic heterocycles. The van der Waals surface area contributed by atoms with E-state index in [4.69, 9.17) is 4.74 Å². The van der Waals surface area contributed by atoms with E-state index in [2.05, 4.69) is 5.32 Å². The standard InChI is InChI=1S/C8H5NO2/c10-5-8-9-6-3-1-2-4-7(6)11-8/h1-4,9H. The molecule has 1 aromatic rings. The zero-order valence-electron chi connectivity index (χ0n) is 5.63. The topological polar surface area (TPSA) is 38.3 Å². The normalized spacial score (nSPS) is 12.9. The van der Waals surface area contributed by atoms with Crippen LogP contribution in [0.2, 0.25) is 0 Å². The SMILES string of the molecule is O=C=C1Nc2ccccc2O1. The summed E-state index contributed by atoms with van der Waals surface area (Å²) in [4.78, 5) is 10.1. The molecule has 3 heteroatoms. The van der Waals surface area contributed by atoms with Crippen LogP contribution < -0.4 is 10.1 Å². The quantitative estimate of drug-likeness (QED) is 0.559. The van der Waals surface area contributed by atoms with Gasteiger partial charge in [-0.25, -0.2) is 4.79 Å². The summed E-state index contributed by atoms with van der Waals surface area (Å²) in [7, 11) is 0. The van der Waals surface area contributed by atoms with Crippen molar-refractivity contribution in [1.29, 1.82) is 0 Å². The third kappa shape index (κ3) is 0.876. The van der Waals surface area contributed by atoms with E-state index in [9.17, 15) is 4.79 Å². The molecule has 0 fully saturated rings. The Morgan fingerprint density at radius 2 is 2.18 bits per heavy atom. The average molecular weight is 147 g/mol. The van der Waals surface area contributed by atoms with Crippen molar-refractivity contribution >= 4 is 11.6 Å². The van der Waals surface area contributed by atoms with E-state index in [1.165, 1.54) is 0 Å². The van der Waals surface area contributed by atoms with Crippen LogP contribution in [0, 0.1) is 0 Å². The van der Waals surface area contributed by atoms with E-state index >= 15 is 0 Å². The van der Waals surface area contributed by atoms with Gasteiger partial charge in [0.25, 0.3) is 5.88 Å². The Morgan fingerprint density at radius 1 is 1.36 bits per heavy atom. The second kappa shape index (κ2) is 2.15. The Hall–Kier alpha value is -1.73. The van der Waals surface area contributed by atoms with Crippen LogP contribution in [-0.4, -0.2) is 5.94 Å². The van der Waals surface area contributed by atoms with Gasteiger partial charge >= 0.3 is 0 Å². The van der Waals surface area contributed by atoms with Crippen LogP contribution in [0.25, 0.3) is 0 Å². The maximum atomic E-state index is 10.1. The van der Waals surface area contributed by atoms with Crippen molar-refractivity contribution in [1.82, 2.24) is 0 Å². The van der Waals surface area contributed by atoms with Crippen LogP contribution >= 0.6 is 0 Å². The molecule has 2 rings (SSSR count). The molecule has 0 amide bonds. The van der Waals surface area contributed by atoms with Crippen molar-refractivity contribution < 1.29 is 9.53 Å². The van der Waals surface area contributed by atoms with E-state index in [-0.39, 0.29) is 5.88 Å². The van der Waals surface area contributed by atoms with Gasteiger partial charge in [0, 0.05) is 0 Å². The highest BCUT2D eigenvalue weighted by molar-refractivity contribution is 5.70. The van der Waals surface area contributed by atoms with Gasteiger partial charge in [0.05, 0.1) is 5.69 Å². The monoisotopic (exact) mass is 147 g/mol. The largest absolute Gasteiger partial charge is 0.430 e. The number of hydrogen-bond acceptors (Lipinski definition) is 3. The molecule has 0 aliphatic carbocycles. The third-order valence-electron chi connectivity index (χ3n) is 1.44. The van der Waals surface area contributed by atoms with Crippen LogP contribution in [0.3, 0.4) is 0 Å². The first-order valence-corrected chi connectivity index (χ1v) is 3.19. The lowest BCUT2D eigenvalue weighted by molar-refractivity contribution is 0.454. The number of anilines is 1. The fraction of sp³-hybridized carbons (Fsp3) is 0. The molecule has 0 unspecified atom stereocenters. The van der Waals surface area contributed by atoms with Gasteiger partial charge in [0.1, 0.15) is 0 Å². The number of ether oxygens (including phenoxy) is 1. The second-order valence-electron chi connectivity index (χ2n) is 2.15. The van der Waals surface area contributed by atoms with Gasteiger partial charge in [0.2, 0.25) is 0 Å². The second-order valence-corrected chi connectivity index (χ2v) is 2.15. The molecule has 1 heterocycles. The first kappa shape index (κ1) is 6.01. The highest BCUT2D eigenvalue weighted by Gasteiger charge is 2.15. The molecule has 1 aromatic carbocycles. The summed E-state index contributed by atoms with van der Waals surface area (Å²) in [6, 6.07) is 7.32. The smallest absolute Gasteiger partial charge is 0.285 e. The van der Waals surface area contributed by atoms with Gasteiger partial charge in [-0.1, -0.05) is 12.1 Å². The minimum atomic E-state index is 0.131. The van der Waals surface area contributed by atoms with Crippen LogP contribution in [-0.2, 0) is 4.79 Å². The van der Waals surface area contributed by atoms with Crippen molar-refractivity contribution in [2.75, 3.05) is 5.32 Å². The summed E-state index contributed by atoms with van der Waals surface area (Å²) in [5.74, 6) is 2.45. The molecular formula is C8H5NO2. The first-order chi connectivity index (χ1) is 5.40. The maximum absolute atomic E-state index is 10.1. The zero-order valence-corrected chi connectivity index (χ0v) is 5.63. The summed E-state index contributed by atoms with van der Waals surface area (Å²) in [5, 5.41) is 2.75. The van der Waals surface area contributed by atoms with Crippen molar-refractivity contribution in [3.8, 4) is 5.75 Å². The summed E-state index contributed by atoms with van der Waals surface area (Å²) in [6.07, 6.45) is 0. The van der Waals surface area contributed by atoms with Crippen LogP contribution in [0.4, 0.5) is 5.69 Å². The van der Waals surface area contributed by atoms with Crippen molar-refractivity contribution in [3.05, 3.63) is 30.1 Å². The molecule has 0 radical (unpaired) electrons. The van der Waals surface area contributed by atoms with Crippen LogP contribution in [0.15, 0.2) is 30.1 Å². The number of rotatable bonds is 0. The number of hydrogen-bond donors (Lipinski definition) is 1. The lowest BCUT2D eigenvalue weighted by Gasteiger charge is -1.90. The number of carbonyl (C=O) groups excluding carboxylic acids is 1. The molecular weight excluding hydrogens is 142 g/mol. The molecule has 0 atom stereocenters. The number of nitrogens with one attached hydrogen (secondary N) is 1. The molecule has 0 spiro atoms. The Labute approximate surface area is 63.3 Å². The summed E-state index contributed by atoms with van der Waals surface area (Å²) < 4.78 is 5.04. The Morgan fingerprint density at radius 3 is 2.91 bits per heavy atom. The first-order valence-electron chi connectivity index (χ1n) is 3.19. The number of para-hydroxylation sites is 2. The van der Waals surface area contributed by atoms with Crippen LogP contribution in [0.1, 0.15) is 0 Å². The van der Waals surface area contributed by atoms with E-state index in [0.29, 0.717) is 5.75 Å². The van der Waals surface area contributed by atoms with Crippen molar-refractivity contribution in [2.45, 2.75) is 0 Å². The lowest BCUT2D eigenvalue weighted by Crippen LogP contribution is -1.96. The lowest BCUT2D eigenvalue weighted by atomic mass is 10.3. The third-order valence-corrected chi connectivity index (χ3v) is 1.44. The molecule has 54 valence electrons. The Bertz CT molecular complexity index is 313. The van der Waals surface area contributed by atoms with Gasteiger partial charge < -0.3 is 10.1 Å². The van der Waals surface area contributed by atoms with E-state index < -0.39 is 0 Å². The fourth-order valence-electron chi connectivity index (χ4n) is 0.963. The highest BCUT2D eigenvalue weighted by Crippen LogP contribution is 2.31. The van der Waals surface area contributed by atoms with Crippen LogP contribution in [0.5, 0.6) is 5.75 Å². The molecule has 3 nitrogen and oxygen atoms in total. The molecule has 1 N–H and O–H groups in total. The van der Waals surface area contributed by atoms with Gasteiger partial charge in [-0.05, 0) is 12.1 Å². The minimum absolute atomic E-state index is 0.131. The van der Waals surface area contributed by atoms with Crippen molar-refractivity contribution in [2.24, 2.45) is 0 Å². The van der Waals surface area contributed by atoms with E-state index in [1.807, 2.05) is 18.2 Å². The minimum Gasteiger partial charge on any atom is -0.430 e. The maximum Gasteiger partial charge on any atom is 0.285 e. The molecule has 0 saturated heterocycles. The zero-order chi connectivity index (χ0) is 7.68. The molecule has 11 heavy (non-hydrogen) atoms. The summed E-state index contributed by atoms with van der Waals surface area (Å²) >= 11 is 0. The van der Waals surface area contributed by atoms with E-state index in [1.54, 1.807) is 12.0 Å². The summed E-state index contributed by atoms with van der Waals surface area (Å²) in [6.45, 7) is 0. The van der Waals surface area contributed by atoms with Gasteiger partial charge in [0.15, 0.2) is 11.7 Å². The molecule has 0 bridgehead atoms. The van der Waals surface area contributed by atoms with E-state index in [0.717, 1.165) is 5.69 Å². The Kier molecular flexibility index (Phi) is 1.17. The summed E-state index contributed by atoms with van der Waals surface area (Å²) in [5.41, 5.74) is 0.811. The number of benzene rings is 1. The molecule has 0 aromatic heterocycles. The molecule has 0 saturated carbocycles.